The Labute approximate surface area is 133 Å². The lowest BCUT2D eigenvalue weighted by Crippen LogP contribution is -2.26. The van der Waals surface area contributed by atoms with Gasteiger partial charge in [0, 0.05) is 6.20 Å². The standard InChI is InChI=1S/C18H16N2OS/c1-13(14-6-3-2-4-7-14)20-18(21)15-9-10-16(19-12-15)17-8-5-11-22-17/h2-13H,1H3,(H,20,21)/t13-/m0/s1. The highest BCUT2D eigenvalue weighted by Gasteiger charge is 2.12. The van der Waals surface area contributed by atoms with E-state index in [0.29, 0.717) is 5.56 Å². The third-order valence-corrected chi connectivity index (χ3v) is 4.34. The Morgan fingerprint density at radius 2 is 1.91 bits per heavy atom. The molecule has 0 aliphatic rings. The molecule has 0 radical (unpaired) electrons. The van der Waals surface area contributed by atoms with Crippen LogP contribution < -0.4 is 5.32 Å². The molecule has 0 fully saturated rings. The average Bonchev–Trinajstić information content (AvgIpc) is 3.10. The van der Waals surface area contributed by atoms with Crippen molar-refractivity contribution in [1.29, 1.82) is 0 Å². The molecule has 1 amide bonds. The van der Waals surface area contributed by atoms with Gasteiger partial charge in [0.2, 0.25) is 0 Å². The molecule has 22 heavy (non-hydrogen) atoms. The monoisotopic (exact) mass is 308 g/mol. The maximum Gasteiger partial charge on any atom is 0.253 e. The molecule has 4 heteroatoms. The molecule has 3 rings (SSSR count). The van der Waals surface area contributed by atoms with Crippen LogP contribution in [0.2, 0.25) is 0 Å². The smallest absolute Gasteiger partial charge is 0.253 e. The lowest BCUT2D eigenvalue weighted by Gasteiger charge is -2.14. The fraction of sp³-hybridized carbons (Fsp3) is 0.111. The molecule has 0 bridgehead atoms. The summed E-state index contributed by atoms with van der Waals surface area (Å²) in [4.78, 5) is 17.8. The van der Waals surface area contributed by atoms with Crippen molar-refractivity contribution >= 4 is 17.2 Å². The minimum atomic E-state index is -0.110. The summed E-state index contributed by atoms with van der Waals surface area (Å²) in [6, 6.07) is 17.6. The van der Waals surface area contributed by atoms with Crippen LogP contribution in [0.3, 0.4) is 0 Å². The quantitative estimate of drug-likeness (QED) is 0.780. The molecule has 1 N–H and O–H groups in total. The Hall–Kier alpha value is -2.46. The Bertz CT molecular complexity index is 737. The van der Waals surface area contributed by atoms with Gasteiger partial charge in [-0.05, 0) is 36.1 Å². The van der Waals surface area contributed by atoms with Crippen LogP contribution >= 0.6 is 11.3 Å². The van der Waals surface area contributed by atoms with Gasteiger partial charge in [-0.15, -0.1) is 11.3 Å². The summed E-state index contributed by atoms with van der Waals surface area (Å²) in [5, 5.41) is 5.00. The van der Waals surface area contributed by atoms with Gasteiger partial charge in [0.05, 0.1) is 22.2 Å². The molecule has 0 spiro atoms. The number of hydrogen-bond acceptors (Lipinski definition) is 3. The number of amides is 1. The van der Waals surface area contributed by atoms with Crippen LogP contribution in [0.5, 0.6) is 0 Å². The zero-order valence-electron chi connectivity index (χ0n) is 12.2. The second-order valence-electron chi connectivity index (χ2n) is 5.02. The number of benzene rings is 1. The summed E-state index contributed by atoms with van der Waals surface area (Å²) >= 11 is 1.64. The van der Waals surface area contributed by atoms with E-state index in [1.54, 1.807) is 17.5 Å². The van der Waals surface area contributed by atoms with Gasteiger partial charge in [0.25, 0.3) is 5.91 Å². The number of hydrogen-bond donors (Lipinski definition) is 1. The predicted molar refractivity (Wildman–Crippen MR) is 89.9 cm³/mol. The SMILES string of the molecule is C[C@H](NC(=O)c1ccc(-c2cccs2)nc1)c1ccccc1. The number of nitrogens with one attached hydrogen (secondary N) is 1. The van der Waals surface area contributed by atoms with Gasteiger partial charge in [0.15, 0.2) is 0 Å². The first-order chi connectivity index (χ1) is 10.7. The molecule has 0 unspecified atom stereocenters. The summed E-state index contributed by atoms with van der Waals surface area (Å²) in [5.74, 6) is -0.110. The Kier molecular flexibility index (Phi) is 4.30. The van der Waals surface area contributed by atoms with Gasteiger partial charge in [-0.3, -0.25) is 9.78 Å². The number of thiophene rings is 1. The number of pyridine rings is 1. The van der Waals surface area contributed by atoms with Gasteiger partial charge in [-0.1, -0.05) is 36.4 Å². The van der Waals surface area contributed by atoms with Crippen LogP contribution in [0, 0.1) is 0 Å². The van der Waals surface area contributed by atoms with Crippen molar-refractivity contribution < 1.29 is 4.79 Å². The molecule has 110 valence electrons. The van der Waals surface area contributed by atoms with Crippen LogP contribution in [0.25, 0.3) is 10.6 Å². The van der Waals surface area contributed by atoms with Crippen molar-refractivity contribution in [2.24, 2.45) is 0 Å². The van der Waals surface area contributed by atoms with Gasteiger partial charge in [0.1, 0.15) is 0 Å². The molecule has 3 aromatic rings. The van der Waals surface area contributed by atoms with E-state index in [1.165, 1.54) is 0 Å². The highest BCUT2D eigenvalue weighted by atomic mass is 32.1. The van der Waals surface area contributed by atoms with E-state index in [2.05, 4.69) is 10.3 Å². The Balaban J connectivity index is 1.70. The third kappa shape index (κ3) is 3.23. The first-order valence-corrected chi connectivity index (χ1v) is 7.98. The van der Waals surface area contributed by atoms with E-state index in [4.69, 9.17) is 0 Å². The molecule has 0 saturated carbocycles. The van der Waals surface area contributed by atoms with Crippen molar-refractivity contribution in [2.45, 2.75) is 13.0 Å². The zero-order valence-corrected chi connectivity index (χ0v) is 13.0. The van der Waals surface area contributed by atoms with Crippen LogP contribution in [0.1, 0.15) is 28.9 Å². The molecule has 2 aromatic heterocycles. The number of aromatic nitrogens is 1. The Morgan fingerprint density at radius 1 is 1.09 bits per heavy atom. The lowest BCUT2D eigenvalue weighted by atomic mass is 10.1. The highest BCUT2D eigenvalue weighted by molar-refractivity contribution is 7.13. The molecular formula is C18H16N2OS. The summed E-state index contributed by atoms with van der Waals surface area (Å²) in [6.07, 6.45) is 1.63. The largest absolute Gasteiger partial charge is 0.345 e. The van der Waals surface area contributed by atoms with Crippen LogP contribution in [-0.2, 0) is 0 Å². The maximum atomic E-state index is 12.3. The van der Waals surface area contributed by atoms with E-state index in [0.717, 1.165) is 16.1 Å². The molecule has 1 atom stereocenters. The molecule has 2 heterocycles. The molecule has 3 nitrogen and oxygen atoms in total. The number of nitrogens with zero attached hydrogens (tertiary/aromatic N) is 1. The fourth-order valence-corrected chi connectivity index (χ4v) is 2.91. The number of rotatable bonds is 4. The molecule has 0 aliphatic heterocycles. The number of carbonyl (C=O) groups excluding carboxylic acids is 1. The van der Waals surface area contributed by atoms with Crippen LogP contribution in [0.15, 0.2) is 66.2 Å². The van der Waals surface area contributed by atoms with Crippen molar-refractivity contribution in [3.63, 3.8) is 0 Å². The molecule has 0 saturated heterocycles. The molecule has 1 aromatic carbocycles. The lowest BCUT2D eigenvalue weighted by molar-refractivity contribution is 0.0939. The minimum absolute atomic E-state index is 0.0364. The second kappa shape index (κ2) is 6.54. The highest BCUT2D eigenvalue weighted by Crippen LogP contribution is 2.22. The second-order valence-corrected chi connectivity index (χ2v) is 5.96. The van der Waals surface area contributed by atoms with Crippen molar-refractivity contribution in [3.8, 4) is 10.6 Å². The van der Waals surface area contributed by atoms with E-state index in [-0.39, 0.29) is 11.9 Å². The summed E-state index contributed by atoms with van der Waals surface area (Å²) in [6.45, 7) is 1.97. The van der Waals surface area contributed by atoms with Crippen molar-refractivity contribution in [3.05, 3.63) is 77.3 Å². The first kappa shape index (κ1) is 14.5. The minimum Gasteiger partial charge on any atom is -0.345 e. The predicted octanol–water partition coefficient (Wildman–Crippen LogP) is 4.30. The summed E-state index contributed by atoms with van der Waals surface area (Å²) in [5.41, 5.74) is 2.55. The van der Waals surface area contributed by atoms with Gasteiger partial charge < -0.3 is 5.32 Å². The van der Waals surface area contributed by atoms with E-state index in [1.807, 2.05) is 66.9 Å². The normalized spacial score (nSPS) is 11.9. The molecular weight excluding hydrogens is 292 g/mol. The summed E-state index contributed by atoms with van der Waals surface area (Å²) in [7, 11) is 0. The van der Waals surface area contributed by atoms with Crippen molar-refractivity contribution in [2.75, 3.05) is 0 Å². The van der Waals surface area contributed by atoms with E-state index >= 15 is 0 Å². The van der Waals surface area contributed by atoms with Crippen molar-refractivity contribution in [1.82, 2.24) is 10.3 Å². The molecule has 0 aliphatic carbocycles. The number of carbonyl (C=O) groups is 1. The maximum absolute atomic E-state index is 12.3. The zero-order chi connectivity index (χ0) is 15.4. The van der Waals surface area contributed by atoms with Crippen LogP contribution in [0.4, 0.5) is 0 Å². The Morgan fingerprint density at radius 3 is 2.55 bits per heavy atom. The first-order valence-electron chi connectivity index (χ1n) is 7.10. The van der Waals surface area contributed by atoms with Crippen LogP contribution in [-0.4, -0.2) is 10.9 Å². The fourth-order valence-electron chi connectivity index (χ4n) is 2.20. The van der Waals surface area contributed by atoms with E-state index < -0.39 is 0 Å². The third-order valence-electron chi connectivity index (χ3n) is 3.45. The average molecular weight is 308 g/mol. The van der Waals surface area contributed by atoms with Gasteiger partial charge in [-0.2, -0.15) is 0 Å². The van der Waals surface area contributed by atoms with E-state index in [9.17, 15) is 4.79 Å². The van der Waals surface area contributed by atoms with Gasteiger partial charge in [-0.25, -0.2) is 0 Å². The topological polar surface area (TPSA) is 42.0 Å². The van der Waals surface area contributed by atoms with Gasteiger partial charge >= 0.3 is 0 Å². The summed E-state index contributed by atoms with van der Waals surface area (Å²) < 4.78 is 0.